The lowest BCUT2D eigenvalue weighted by Gasteiger charge is -2.44. The fourth-order valence-corrected chi connectivity index (χ4v) is 2.55. The van der Waals surface area contributed by atoms with Crippen LogP contribution in [-0.4, -0.2) is 44.6 Å². The van der Waals surface area contributed by atoms with Crippen molar-refractivity contribution in [1.29, 1.82) is 0 Å². The lowest BCUT2D eigenvalue weighted by atomic mass is 9.95. The minimum atomic E-state index is -1.17. The molecule has 15 heavy (non-hydrogen) atoms. The maximum absolute atomic E-state index is 10.3. The van der Waals surface area contributed by atoms with Crippen LogP contribution in [0.3, 0.4) is 0 Å². The molecule has 1 aromatic heterocycles. The number of ether oxygens (including phenoxy) is 2. The van der Waals surface area contributed by atoms with E-state index in [1.165, 1.54) is 6.33 Å². The number of nitrogens with zero attached hydrogens (tertiary/aromatic N) is 3. The van der Waals surface area contributed by atoms with Gasteiger partial charge in [-0.05, 0) is 0 Å². The molecular formula is C8H10N4O3. The maximum Gasteiger partial charge on any atom is 0.223 e. The minimum Gasteiger partial charge on any atom is -0.366 e. The molecule has 1 aromatic rings. The van der Waals surface area contributed by atoms with Crippen molar-refractivity contribution in [1.82, 2.24) is 14.8 Å². The molecule has 2 N–H and O–H groups in total. The summed E-state index contributed by atoms with van der Waals surface area (Å²) in [5.74, 6) is 0.581. The zero-order valence-corrected chi connectivity index (χ0v) is 7.83. The lowest BCUT2D eigenvalue weighted by Crippen LogP contribution is -2.58. The van der Waals surface area contributed by atoms with Crippen molar-refractivity contribution < 1.29 is 14.6 Å². The molecule has 7 nitrogen and oxygen atoms in total. The van der Waals surface area contributed by atoms with Gasteiger partial charge in [-0.1, -0.05) is 0 Å². The highest BCUT2D eigenvalue weighted by atomic mass is 16.7. The van der Waals surface area contributed by atoms with Crippen LogP contribution in [0, 0.1) is 0 Å². The van der Waals surface area contributed by atoms with Gasteiger partial charge in [0.1, 0.15) is 12.4 Å². The zero-order chi connectivity index (χ0) is 10.0. The van der Waals surface area contributed by atoms with E-state index in [0.717, 1.165) is 0 Å². The lowest BCUT2D eigenvalue weighted by molar-refractivity contribution is -0.215. The Morgan fingerprint density at radius 2 is 2.60 bits per heavy atom. The van der Waals surface area contributed by atoms with Gasteiger partial charge in [0.2, 0.25) is 12.2 Å². The van der Waals surface area contributed by atoms with Gasteiger partial charge in [-0.25, -0.2) is 4.68 Å². The molecule has 4 bridgehead atoms. The van der Waals surface area contributed by atoms with Crippen molar-refractivity contribution >= 4 is 5.95 Å². The van der Waals surface area contributed by atoms with Crippen LogP contribution in [-0.2, 0) is 9.47 Å². The largest absolute Gasteiger partial charge is 0.366 e. The van der Waals surface area contributed by atoms with Gasteiger partial charge in [-0.3, -0.25) is 0 Å². The summed E-state index contributed by atoms with van der Waals surface area (Å²) in [6.07, 6.45) is 1.39. The number of hydrogen-bond donors (Lipinski definition) is 2. The third kappa shape index (κ3) is 0.858. The number of aliphatic hydroxyl groups is 1. The average molecular weight is 210 g/mol. The van der Waals surface area contributed by atoms with E-state index >= 15 is 0 Å². The van der Waals surface area contributed by atoms with Crippen LogP contribution in [0.1, 0.15) is 12.5 Å². The summed E-state index contributed by atoms with van der Waals surface area (Å²) < 4.78 is 12.7. The molecule has 0 amide bonds. The molecule has 0 radical (unpaired) electrons. The molecule has 0 spiro atoms. The van der Waals surface area contributed by atoms with Crippen LogP contribution in [0.4, 0.5) is 5.95 Å². The molecule has 1 unspecified atom stereocenters. The standard InChI is InChI=1S/C8H10N4O3/c13-8-1-4(5-2-14-6(8)15-5)12-7(11-8)9-3-10-12/h3-6,13H,1-2H2,(H,9,10,11)/t4?,5-,6-,8+/m1/s1. The summed E-state index contributed by atoms with van der Waals surface area (Å²) in [4.78, 5) is 4.05. The Morgan fingerprint density at radius 3 is 3.53 bits per heavy atom. The third-order valence-electron chi connectivity index (χ3n) is 3.27. The van der Waals surface area contributed by atoms with Crippen LogP contribution >= 0.6 is 0 Å². The Morgan fingerprint density at radius 1 is 1.67 bits per heavy atom. The van der Waals surface area contributed by atoms with Crippen LogP contribution in [0.2, 0.25) is 0 Å². The van der Waals surface area contributed by atoms with E-state index in [9.17, 15) is 5.11 Å². The van der Waals surface area contributed by atoms with Crippen molar-refractivity contribution in [2.24, 2.45) is 0 Å². The minimum absolute atomic E-state index is 0.00694. The zero-order valence-electron chi connectivity index (χ0n) is 7.83. The number of rotatable bonds is 0. The summed E-state index contributed by atoms with van der Waals surface area (Å²) in [5, 5.41) is 17.3. The third-order valence-corrected chi connectivity index (χ3v) is 3.27. The first-order chi connectivity index (χ1) is 7.26. The van der Waals surface area contributed by atoms with Gasteiger partial charge in [-0.2, -0.15) is 10.1 Å². The van der Waals surface area contributed by atoms with Crippen LogP contribution in [0.5, 0.6) is 0 Å². The Bertz CT molecular complexity index is 422. The van der Waals surface area contributed by atoms with E-state index < -0.39 is 12.0 Å². The highest BCUT2D eigenvalue weighted by Crippen LogP contribution is 2.44. The molecule has 2 saturated heterocycles. The van der Waals surface area contributed by atoms with Gasteiger partial charge in [0.05, 0.1) is 12.6 Å². The van der Waals surface area contributed by atoms with Gasteiger partial charge < -0.3 is 19.9 Å². The Labute approximate surface area is 85.0 Å². The summed E-state index contributed by atoms with van der Waals surface area (Å²) >= 11 is 0. The van der Waals surface area contributed by atoms with Crippen molar-refractivity contribution in [2.45, 2.75) is 30.6 Å². The Kier molecular flexibility index (Phi) is 1.24. The van der Waals surface area contributed by atoms with Gasteiger partial charge >= 0.3 is 0 Å². The van der Waals surface area contributed by atoms with E-state index in [-0.39, 0.29) is 12.1 Å². The molecule has 0 saturated carbocycles. The van der Waals surface area contributed by atoms with Crippen molar-refractivity contribution in [3.63, 3.8) is 0 Å². The molecular weight excluding hydrogens is 200 g/mol. The topological polar surface area (TPSA) is 81.4 Å². The predicted octanol–water partition coefficient (Wildman–Crippen LogP) is -0.922. The van der Waals surface area contributed by atoms with Gasteiger partial charge in [0, 0.05) is 6.42 Å². The van der Waals surface area contributed by atoms with E-state index in [4.69, 9.17) is 9.47 Å². The fraction of sp³-hybridized carbons (Fsp3) is 0.750. The van der Waals surface area contributed by atoms with Crippen LogP contribution < -0.4 is 5.32 Å². The van der Waals surface area contributed by atoms with E-state index in [0.29, 0.717) is 19.0 Å². The predicted molar refractivity (Wildman–Crippen MR) is 46.9 cm³/mol. The van der Waals surface area contributed by atoms with Gasteiger partial charge in [-0.15, -0.1) is 0 Å². The monoisotopic (exact) mass is 210 g/mol. The second-order valence-corrected chi connectivity index (χ2v) is 4.19. The fourth-order valence-electron chi connectivity index (χ4n) is 2.55. The Hall–Kier alpha value is -1.18. The second-order valence-electron chi connectivity index (χ2n) is 4.19. The summed E-state index contributed by atoms with van der Waals surface area (Å²) in [5.41, 5.74) is -1.17. The molecule has 2 fully saturated rings. The molecule has 4 rings (SSSR count). The summed E-state index contributed by atoms with van der Waals surface area (Å²) in [6, 6.07) is 0.00694. The molecule has 80 valence electrons. The Balaban J connectivity index is 1.89. The number of aromatic nitrogens is 3. The van der Waals surface area contributed by atoms with Crippen molar-refractivity contribution in [3.8, 4) is 0 Å². The summed E-state index contributed by atoms with van der Waals surface area (Å²) in [7, 11) is 0. The smallest absolute Gasteiger partial charge is 0.223 e. The molecule has 4 atom stereocenters. The molecule has 3 aliphatic heterocycles. The number of nitrogens with one attached hydrogen (secondary N) is 1. The molecule has 0 aliphatic carbocycles. The SMILES string of the molecule is O[C@@]12CC([C@H]3CO[C@@H]1O3)n1ncnc1N2. The number of anilines is 1. The molecule has 4 heterocycles. The first-order valence-electron chi connectivity index (χ1n) is 4.93. The molecule has 7 heteroatoms. The molecule has 3 aliphatic rings. The van der Waals surface area contributed by atoms with E-state index in [2.05, 4.69) is 15.4 Å². The normalized spacial score (nSPS) is 46.1. The first kappa shape index (κ1) is 8.03. The van der Waals surface area contributed by atoms with Crippen molar-refractivity contribution in [2.75, 3.05) is 11.9 Å². The first-order valence-corrected chi connectivity index (χ1v) is 4.93. The van der Waals surface area contributed by atoms with Gasteiger partial charge in [0.15, 0.2) is 5.72 Å². The number of hydrogen-bond acceptors (Lipinski definition) is 6. The highest BCUT2D eigenvalue weighted by molar-refractivity contribution is 5.33. The van der Waals surface area contributed by atoms with Crippen LogP contribution in [0.15, 0.2) is 6.33 Å². The number of fused-ring (bicyclic) bond motifs is 8. The second kappa shape index (κ2) is 2.31. The van der Waals surface area contributed by atoms with Crippen molar-refractivity contribution in [3.05, 3.63) is 6.33 Å². The van der Waals surface area contributed by atoms with E-state index in [1.54, 1.807) is 4.68 Å². The average Bonchev–Trinajstić information content (AvgIpc) is 2.80. The van der Waals surface area contributed by atoms with Crippen LogP contribution in [0.25, 0.3) is 0 Å². The molecule has 0 aromatic carbocycles. The highest BCUT2D eigenvalue weighted by Gasteiger charge is 2.57. The summed E-state index contributed by atoms with van der Waals surface area (Å²) in [6.45, 7) is 0.499. The quantitative estimate of drug-likeness (QED) is 0.576. The maximum atomic E-state index is 10.3. The van der Waals surface area contributed by atoms with E-state index in [1.807, 2.05) is 0 Å². The van der Waals surface area contributed by atoms with Gasteiger partial charge in [0.25, 0.3) is 0 Å².